The first-order valence-electron chi connectivity index (χ1n) is 9.01. The number of nitrogens with zero attached hydrogens (tertiary/aromatic N) is 1. The summed E-state index contributed by atoms with van der Waals surface area (Å²) in [5.74, 6) is 0.911. The van der Waals surface area contributed by atoms with Crippen LogP contribution in [0.5, 0.6) is 5.75 Å². The van der Waals surface area contributed by atoms with Gasteiger partial charge >= 0.3 is 0 Å². The third-order valence-corrected chi connectivity index (χ3v) is 5.01. The van der Waals surface area contributed by atoms with E-state index < -0.39 is 0 Å². The van der Waals surface area contributed by atoms with Gasteiger partial charge in [-0.1, -0.05) is 12.1 Å². The van der Waals surface area contributed by atoms with E-state index in [9.17, 15) is 9.59 Å². The van der Waals surface area contributed by atoms with Crippen LogP contribution in [0, 0.1) is 0 Å². The van der Waals surface area contributed by atoms with Crippen LogP contribution in [0.3, 0.4) is 0 Å². The topological polar surface area (TPSA) is 58.6 Å². The molecule has 134 valence electrons. The lowest BCUT2D eigenvalue weighted by Crippen LogP contribution is -2.32. The van der Waals surface area contributed by atoms with E-state index in [1.165, 1.54) is 0 Å². The van der Waals surface area contributed by atoms with Crippen molar-refractivity contribution < 1.29 is 14.3 Å². The van der Waals surface area contributed by atoms with Gasteiger partial charge in [0.15, 0.2) is 0 Å². The van der Waals surface area contributed by atoms with Crippen molar-refractivity contribution in [1.29, 1.82) is 0 Å². The molecule has 2 amide bonds. The fourth-order valence-electron chi connectivity index (χ4n) is 3.36. The monoisotopic (exact) mass is 350 g/mol. The van der Waals surface area contributed by atoms with E-state index in [0.29, 0.717) is 31.0 Å². The number of carbonyl (C=O) groups is 2. The van der Waals surface area contributed by atoms with Crippen LogP contribution in [0.4, 0.5) is 5.69 Å². The first-order valence-corrected chi connectivity index (χ1v) is 9.01. The Kier molecular flexibility index (Phi) is 4.37. The van der Waals surface area contributed by atoms with Crippen LogP contribution in [0.25, 0.3) is 0 Å². The summed E-state index contributed by atoms with van der Waals surface area (Å²) >= 11 is 0. The van der Waals surface area contributed by atoms with Gasteiger partial charge in [0.2, 0.25) is 5.91 Å². The van der Waals surface area contributed by atoms with Crippen LogP contribution < -0.4 is 10.1 Å². The number of benzene rings is 2. The van der Waals surface area contributed by atoms with E-state index in [2.05, 4.69) is 5.32 Å². The zero-order chi connectivity index (χ0) is 18.1. The molecule has 2 aromatic rings. The van der Waals surface area contributed by atoms with Crippen LogP contribution >= 0.6 is 0 Å². The van der Waals surface area contributed by atoms with Crippen molar-refractivity contribution in [2.45, 2.75) is 38.3 Å². The molecule has 0 saturated heterocycles. The molecular weight excluding hydrogens is 328 g/mol. The minimum Gasteiger partial charge on any atom is -0.497 e. The number of fused-ring (bicyclic) bond motifs is 1. The highest BCUT2D eigenvalue weighted by atomic mass is 16.5. The summed E-state index contributed by atoms with van der Waals surface area (Å²) < 4.78 is 5.20. The van der Waals surface area contributed by atoms with Gasteiger partial charge in [-0.15, -0.1) is 0 Å². The average Bonchev–Trinajstić information content (AvgIpc) is 3.50. The molecular formula is C21H22N2O3. The molecule has 1 fully saturated rings. The van der Waals surface area contributed by atoms with E-state index in [0.717, 1.165) is 35.4 Å². The number of amides is 2. The Hall–Kier alpha value is -2.82. The fourth-order valence-corrected chi connectivity index (χ4v) is 3.36. The predicted octanol–water partition coefficient (Wildman–Crippen LogP) is 3.38. The number of aryl methyl sites for hydroxylation is 1. The second-order valence-electron chi connectivity index (χ2n) is 6.93. The highest BCUT2D eigenvalue weighted by Gasteiger charge is 2.33. The van der Waals surface area contributed by atoms with Crippen LogP contribution in [0.2, 0.25) is 0 Å². The number of carbonyl (C=O) groups excluding carboxylic acids is 2. The largest absolute Gasteiger partial charge is 0.497 e. The van der Waals surface area contributed by atoms with Crippen molar-refractivity contribution in [3.05, 3.63) is 59.2 Å². The molecule has 0 spiro atoms. The molecule has 0 unspecified atom stereocenters. The zero-order valence-corrected chi connectivity index (χ0v) is 14.8. The number of ether oxygens (including phenoxy) is 1. The lowest BCUT2D eigenvalue weighted by molar-refractivity contribution is -0.116. The Balaban J connectivity index is 1.55. The minimum absolute atomic E-state index is 0.0377. The van der Waals surface area contributed by atoms with Crippen molar-refractivity contribution in [2.75, 3.05) is 12.4 Å². The van der Waals surface area contributed by atoms with E-state index >= 15 is 0 Å². The second-order valence-corrected chi connectivity index (χ2v) is 6.93. The van der Waals surface area contributed by atoms with E-state index in [-0.39, 0.29) is 11.8 Å². The van der Waals surface area contributed by atoms with Crippen LogP contribution in [-0.2, 0) is 17.8 Å². The highest BCUT2D eigenvalue weighted by molar-refractivity contribution is 5.98. The van der Waals surface area contributed by atoms with Gasteiger partial charge in [0.05, 0.1) is 7.11 Å². The summed E-state index contributed by atoms with van der Waals surface area (Å²) in [6, 6.07) is 13.8. The van der Waals surface area contributed by atoms with Gasteiger partial charge < -0.3 is 15.0 Å². The van der Waals surface area contributed by atoms with Gasteiger partial charge in [0.25, 0.3) is 5.91 Å². The molecule has 1 heterocycles. The van der Waals surface area contributed by atoms with E-state index in [4.69, 9.17) is 4.74 Å². The number of methoxy groups -OCH3 is 1. The van der Waals surface area contributed by atoms with Crippen LogP contribution in [-0.4, -0.2) is 29.9 Å². The summed E-state index contributed by atoms with van der Waals surface area (Å²) in [6.45, 7) is 0.599. The highest BCUT2D eigenvalue weighted by Crippen LogP contribution is 2.31. The van der Waals surface area contributed by atoms with E-state index in [1.54, 1.807) is 7.11 Å². The number of hydrogen-bond donors (Lipinski definition) is 1. The van der Waals surface area contributed by atoms with Gasteiger partial charge in [0.1, 0.15) is 5.75 Å². The Morgan fingerprint density at radius 2 is 1.92 bits per heavy atom. The van der Waals surface area contributed by atoms with Gasteiger partial charge in [-0.05, 0) is 60.7 Å². The molecule has 4 rings (SSSR count). The predicted molar refractivity (Wildman–Crippen MR) is 99.3 cm³/mol. The number of anilines is 1. The molecule has 2 aliphatic rings. The molecule has 0 aromatic heterocycles. The Labute approximate surface area is 153 Å². The van der Waals surface area contributed by atoms with Gasteiger partial charge in [-0.3, -0.25) is 9.59 Å². The summed E-state index contributed by atoms with van der Waals surface area (Å²) in [4.78, 5) is 26.6. The first-order chi connectivity index (χ1) is 12.6. The van der Waals surface area contributed by atoms with Crippen LogP contribution in [0.15, 0.2) is 42.5 Å². The van der Waals surface area contributed by atoms with Crippen molar-refractivity contribution in [2.24, 2.45) is 0 Å². The number of nitrogens with one attached hydrogen (secondary N) is 1. The van der Waals surface area contributed by atoms with Crippen molar-refractivity contribution in [3.63, 3.8) is 0 Å². The average molecular weight is 350 g/mol. The Bertz CT molecular complexity index is 841. The quantitative estimate of drug-likeness (QED) is 0.899. The van der Waals surface area contributed by atoms with Gasteiger partial charge in [-0.2, -0.15) is 0 Å². The SMILES string of the molecule is COc1ccc(CN(C(=O)c2ccc3c(c2)CCC(=O)N3)C2CC2)cc1. The lowest BCUT2D eigenvalue weighted by Gasteiger charge is -2.24. The maximum absolute atomic E-state index is 13.1. The molecule has 2 aromatic carbocycles. The molecule has 1 aliphatic heterocycles. The summed E-state index contributed by atoms with van der Waals surface area (Å²) in [6.07, 6.45) is 3.28. The summed E-state index contributed by atoms with van der Waals surface area (Å²) in [7, 11) is 1.65. The van der Waals surface area contributed by atoms with Crippen molar-refractivity contribution >= 4 is 17.5 Å². The summed E-state index contributed by atoms with van der Waals surface area (Å²) in [5.41, 5.74) is 3.65. The Morgan fingerprint density at radius 3 is 2.62 bits per heavy atom. The maximum atomic E-state index is 13.1. The van der Waals surface area contributed by atoms with Crippen LogP contribution in [0.1, 0.15) is 40.7 Å². The molecule has 0 radical (unpaired) electrons. The van der Waals surface area contributed by atoms with Gasteiger partial charge in [0, 0.05) is 30.3 Å². The first kappa shape index (κ1) is 16.6. The molecule has 26 heavy (non-hydrogen) atoms. The minimum atomic E-state index is 0.0377. The lowest BCUT2D eigenvalue weighted by atomic mass is 10.00. The standard InChI is InChI=1S/C21H22N2O3/c1-26-18-8-2-14(3-9-18)13-23(17-6-7-17)21(25)16-4-10-19-15(12-16)5-11-20(24)22-19/h2-4,8-10,12,17H,5-7,11,13H2,1H3,(H,22,24). The second kappa shape index (κ2) is 6.83. The Morgan fingerprint density at radius 1 is 1.15 bits per heavy atom. The fraction of sp³-hybridized carbons (Fsp3) is 0.333. The molecule has 1 saturated carbocycles. The third-order valence-electron chi connectivity index (χ3n) is 5.01. The molecule has 0 bridgehead atoms. The molecule has 0 atom stereocenters. The summed E-state index contributed by atoms with van der Waals surface area (Å²) in [5, 5.41) is 2.87. The molecule has 1 N–H and O–H groups in total. The third kappa shape index (κ3) is 3.43. The smallest absolute Gasteiger partial charge is 0.254 e. The number of rotatable bonds is 5. The van der Waals surface area contributed by atoms with Gasteiger partial charge in [-0.25, -0.2) is 0 Å². The maximum Gasteiger partial charge on any atom is 0.254 e. The molecule has 1 aliphatic carbocycles. The number of hydrogen-bond acceptors (Lipinski definition) is 3. The molecule has 5 heteroatoms. The molecule has 5 nitrogen and oxygen atoms in total. The van der Waals surface area contributed by atoms with Crippen molar-refractivity contribution in [3.8, 4) is 5.75 Å². The van der Waals surface area contributed by atoms with E-state index in [1.807, 2.05) is 47.4 Å². The zero-order valence-electron chi connectivity index (χ0n) is 14.8. The van der Waals surface area contributed by atoms with Crippen molar-refractivity contribution in [1.82, 2.24) is 4.90 Å². The normalized spacial score (nSPS) is 15.8.